The van der Waals surface area contributed by atoms with Crippen LogP contribution >= 0.6 is 0 Å². The third-order valence-corrected chi connectivity index (χ3v) is 1.24. The molecule has 0 amide bonds. The topological polar surface area (TPSA) is 78.4 Å². The first-order valence-corrected chi connectivity index (χ1v) is 3.88. The zero-order valence-corrected chi connectivity index (χ0v) is 11.4. The van der Waals surface area contributed by atoms with Crippen molar-refractivity contribution in [3.63, 3.8) is 0 Å². The van der Waals surface area contributed by atoms with Gasteiger partial charge in [0.15, 0.2) is 0 Å². The van der Waals surface area contributed by atoms with E-state index in [0.29, 0.717) is 6.42 Å². The van der Waals surface area contributed by atoms with Gasteiger partial charge in [-0.1, -0.05) is 19.8 Å². The minimum Gasteiger partial charge on any atom is -0.393 e. The summed E-state index contributed by atoms with van der Waals surface area (Å²) in [5, 5.41) is 0. The summed E-state index contributed by atoms with van der Waals surface area (Å²) in [4.78, 5) is 20.9. The number of hydrogen-bond acceptors (Lipinski definition) is 4. The Bertz CT molecular complexity index is 150. The molecule has 5 heteroatoms. The predicted octanol–water partition coefficient (Wildman–Crippen LogP) is 1.82. The number of rotatable bonds is 4. The molecule has 0 saturated carbocycles. The van der Waals surface area contributed by atoms with Crippen molar-refractivity contribution < 1.29 is 33.8 Å². The van der Waals surface area contributed by atoms with Crippen molar-refractivity contribution in [2.75, 3.05) is 0 Å². The first-order chi connectivity index (χ1) is 5.16. The largest absolute Gasteiger partial charge is 0.393 e. The average Bonchev–Trinajstić information content (AvgIpc) is 1.86. The summed E-state index contributed by atoms with van der Waals surface area (Å²) in [5.41, 5.74) is 0. The van der Waals surface area contributed by atoms with E-state index < -0.39 is 11.9 Å². The fraction of sp³-hybridized carbons (Fsp3) is 0.750. The number of unbranched alkanes of at least 4 members (excludes halogenated alkanes) is 2. The van der Waals surface area contributed by atoms with E-state index in [9.17, 15) is 9.59 Å². The Morgan fingerprint density at radius 3 is 2.15 bits per heavy atom. The smallest absolute Gasteiger partial charge is 0.313 e. The van der Waals surface area contributed by atoms with Gasteiger partial charge in [-0.15, -0.1) is 0 Å². The van der Waals surface area contributed by atoms with Crippen LogP contribution in [-0.4, -0.2) is 11.9 Å². The molecule has 4 nitrogen and oxygen atoms in total. The molecule has 0 aromatic carbocycles. The van der Waals surface area contributed by atoms with Gasteiger partial charge in [0.05, 0.1) is 0 Å². The van der Waals surface area contributed by atoms with Gasteiger partial charge in [0.1, 0.15) is 0 Å². The van der Waals surface area contributed by atoms with Gasteiger partial charge in [0.25, 0.3) is 0 Å². The molecule has 0 aliphatic carbocycles. The van der Waals surface area contributed by atoms with E-state index in [0.717, 1.165) is 19.3 Å². The molecule has 0 unspecified atom stereocenters. The first kappa shape index (κ1) is 18.5. The maximum Gasteiger partial charge on any atom is 0.313 e. The molecule has 3 N–H and O–H groups in total. The third kappa shape index (κ3) is 14.6. The normalized spacial score (nSPS) is 7.85. The molecule has 0 fully saturated rings. The van der Waals surface area contributed by atoms with Crippen LogP contribution in [0.1, 0.15) is 39.5 Å². The second-order valence-electron chi connectivity index (χ2n) is 2.42. The molecule has 0 saturated heterocycles. The van der Waals surface area contributed by atoms with Gasteiger partial charge in [-0.25, -0.2) is 0 Å². The Balaban J connectivity index is -0.000000500. The minimum absolute atomic E-state index is 0. The molecule has 74 valence electrons. The van der Waals surface area contributed by atoms with Gasteiger partial charge in [-0.3, -0.25) is 9.59 Å². The van der Waals surface area contributed by atoms with Crippen molar-refractivity contribution in [1.29, 1.82) is 0 Å². The number of ether oxygens (including phenoxy) is 1. The second-order valence-corrected chi connectivity index (χ2v) is 2.42. The summed E-state index contributed by atoms with van der Waals surface area (Å²) in [6.07, 6.45) is 3.23. The number of hydrogen-bond donors (Lipinski definition) is 1. The maximum absolute atomic E-state index is 10.7. The van der Waals surface area contributed by atoms with E-state index in [1.165, 1.54) is 6.92 Å². The summed E-state index contributed by atoms with van der Waals surface area (Å²) < 4.78 is 4.32. The van der Waals surface area contributed by atoms with E-state index in [1.54, 1.807) is 0 Å². The summed E-state index contributed by atoms with van der Waals surface area (Å²) >= 11 is 0. The number of carbonyl (C=O) groups excluding carboxylic acids is 2. The van der Waals surface area contributed by atoms with Gasteiger partial charge in [-0.2, -0.15) is 0 Å². The van der Waals surface area contributed by atoms with E-state index in [1.807, 2.05) is 0 Å². The molecule has 0 atom stereocenters. The molecule has 0 heterocycles. The number of carbonyl (C=O) groups is 2. The standard InChI is InChI=1S/C8H14O3.H3N.Zn/c1-3-4-5-6-8(10)11-7(2)9;;/h3-6H2,1-2H3;1H3;. The summed E-state index contributed by atoms with van der Waals surface area (Å²) in [5.74, 6) is -0.933. The average molecular weight is 241 g/mol. The molecule has 0 aliphatic rings. The van der Waals surface area contributed by atoms with Gasteiger partial charge >= 0.3 is 11.9 Å². The molecule has 0 aromatic heterocycles. The van der Waals surface area contributed by atoms with E-state index in [2.05, 4.69) is 11.7 Å². The Morgan fingerprint density at radius 1 is 1.23 bits per heavy atom. The fourth-order valence-corrected chi connectivity index (χ4v) is 0.731. The quantitative estimate of drug-likeness (QED) is 0.352. The van der Waals surface area contributed by atoms with E-state index >= 15 is 0 Å². The van der Waals surface area contributed by atoms with Crippen molar-refractivity contribution in [2.24, 2.45) is 0 Å². The Morgan fingerprint density at radius 2 is 1.77 bits per heavy atom. The molecule has 13 heavy (non-hydrogen) atoms. The van der Waals surface area contributed by atoms with E-state index in [4.69, 9.17) is 0 Å². The number of esters is 2. The van der Waals surface area contributed by atoms with Crippen LogP contribution in [0.3, 0.4) is 0 Å². The Kier molecular flexibility index (Phi) is 16.7. The van der Waals surface area contributed by atoms with Crippen LogP contribution in [0.25, 0.3) is 0 Å². The van der Waals surface area contributed by atoms with Crippen LogP contribution in [0, 0.1) is 0 Å². The van der Waals surface area contributed by atoms with Gasteiger partial charge < -0.3 is 10.9 Å². The minimum atomic E-state index is -0.522. The molecule has 0 spiro atoms. The van der Waals surface area contributed by atoms with Gasteiger partial charge in [0.2, 0.25) is 0 Å². The van der Waals surface area contributed by atoms with Gasteiger partial charge in [0, 0.05) is 32.8 Å². The van der Waals surface area contributed by atoms with Gasteiger partial charge in [-0.05, 0) is 6.42 Å². The summed E-state index contributed by atoms with van der Waals surface area (Å²) in [6.45, 7) is 3.29. The third-order valence-electron chi connectivity index (χ3n) is 1.24. The van der Waals surface area contributed by atoms with Crippen molar-refractivity contribution >= 4 is 11.9 Å². The molecule has 0 rings (SSSR count). The van der Waals surface area contributed by atoms with Crippen LogP contribution in [0.15, 0.2) is 0 Å². The zero-order valence-electron chi connectivity index (χ0n) is 8.47. The second kappa shape index (κ2) is 11.7. The SMILES string of the molecule is CCCCCC(=O)OC(C)=O.N.[Zn]. The van der Waals surface area contributed by atoms with E-state index in [-0.39, 0.29) is 25.6 Å². The fourth-order valence-electron chi connectivity index (χ4n) is 0.731. The van der Waals surface area contributed by atoms with Crippen LogP contribution in [0.2, 0.25) is 0 Å². The first-order valence-electron chi connectivity index (χ1n) is 3.88. The van der Waals surface area contributed by atoms with Crippen LogP contribution < -0.4 is 6.15 Å². The Labute approximate surface area is 91.7 Å². The predicted molar refractivity (Wildman–Crippen MR) is 45.9 cm³/mol. The molecular formula is C8H17NO3Zn. The molecule has 0 radical (unpaired) electrons. The summed E-state index contributed by atoms with van der Waals surface area (Å²) in [7, 11) is 0. The van der Waals surface area contributed by atoms with Crippen LogP contribution in [-0.2, 0) is 33.8 Å². The van der Waals surface area contributed by atoms with Crippen molar-refractivity contribution in [3.8, 4) is 0 Å². The zero-order chi connectivity index (χ0) is 8.69. The molecule has 0 aliphatic heterocycles. The summed E-state index contributed by atoms with van der Waals surface area (Å²) in [6, 6.07) is 0. The van der Waals surface area contributed by atoms with Crippen LogP contribution in [0.4, 0.5) is 0 Å². The molecule has 0 aromatic rings. The monoisotopic (exact) mass is 239 g/mol. The maximum atomic E-state index is 10.7. The molecule has 0 bridgehead atoms. The van der Waals surface area contributed by atoms with Crippen molar-refractivity contribution in [2.45, 2.75) is 39.5 Å². The van der Waals surface area contributed by atoms with Crippen LogP contribution in [0.5, 0.6) is 0 Å². The van der Waals surface area contributed by atoms with Crippen molar-refractivity contribution in [1.82, 2.24) is 6.15 Å². The van der Waals surface area contributed by atoms with Crippen molar-refractivity contribution in [3.05, 3.63) is 0 Å². The molecular weight excluding hydrogens is 223 g/mol. The Hall–Kier alpha value is -0.277.